The molecule has 0 radical (unpaired) electrons. The van der Waals surface area contributed by atoms with Crippen molar-refractivity contribution in [2.75, 3.05) is 13.7 Å². The molecule has 1 aromatic heterocycles. The number of hydrogen-bond donors (Lipinski definition) is 4. The fourth-order valence-corrected chi connectivity index (χ4v) is 3.66. The van der Waals surface area contributed by atoms with Crippen molar-refractivity contribution in [1.82, 2.24) is 20.7 Å². The molecule has 0 aromatic carbocycles. The maximum Gasteiger partial charge on any atom is 0.509 e. The minimum atomic E-state index is -1.73. The van der Waals surface area contributed by atoms with E-state index < -0.39 is 42.8 Å². The van der Waals surface area contributed by atoms with Crippen LogP contribution in [0.2, 0.25) is 0 Å². The summed E-state index contributed by atoms with van der Waals surface area (Å²) in [5.74, 6) is -0.957. The van der Waals surface area contributed by atoms with Crippen molar-refractivity contribution >= 4 is 42.0 Å². The van der Waals surface area contributed by atoms with Crippen LogP contribution in [-0.2, 0) is 25.5 Å². The molecular weight excluding hydrogens is 415 g/mol. The predicted molar refractivity (Wildman–Crippen MR) is 109 cm³/mol. The second-order valence-electron chi connectivity index (χ2n) is 7.78. The zero-order valence-corrected chi connectivity index (χ0v) is 18.2. The molecule has 13 heteroatoms. The number of alkyl carbamates (subject to hydrolysis) is 1. The minimum absolute atomic E-state index is 0.0105. The lowest BCUT2D eigenvalue weighted by atomic mass is 9.88. The summed E-state index contributed by atoms with van der Waals surface area (Å²) in [6.07, 6.45) is 0.332. The lowest BCUT2D eigenvalue weighted by Gasteiger charge is -2.34. The first kappa shape index (κ1) is 24.1. The molecule has 0 bridgehead atoms. The fraction of sp³-hybridized carbons (Fsp3) is 0.647. The van der Waals surface area contributed by atoms with Crippen LogP contribution in [0.25, 0.3) is 0 Å². The Hall–Kier alpha value is -2.22. The lowest BCUT2D eigenvalue weighted by Crippen LogP contribution is -2.60. The summed E-state index contributed by atoms with van der Waals surface area (Å²) in [5.41, 5.74) is 2.13. The number of ether oxygens (including phenoxy) is 2. The van der Waals surface area contributed by atoms with Crippen LogP contribution in [0.3, 0.4) is 0 Å². The van der Waals surface area contributed by atoms with E-state index in [1.165, 1.54) is 17.5 Å². The van der Waals surface area contributed by atoms with Crippen molar-refractivity contribution in [2.24, 2.45) is 0 Å². The second-order valence-corrected chi connectivity index (χ2v) is 8.72. The zero-order valence-electron chi connectivity index (χ0n) is 17.4. The number of nitrogens with zero attached hydrogens (tertiary/aromatic N) is 2. The van der Waals surface area contributed by atoms with Crippen LogP contribution in [0.1, 0.15) is 38.6 Å². The smallest absolute Gasteiger partial charge is 0.468 e. The number of methoxy groups -OCH3 is 1. The maximum atomic E-state index is 13.1. The van der Waals surface area contributed by atoms with Gasteiger partial charge in [-0.25, -0.2) is 10.2 Å². The number of esters is 1. The van der Waals surface area contributed by atoms with Crippen molar-refractivity contribution in [1.29, 1.82) is 0 Å². The van der Waals surface area contributed by atoms with E-state index in [-0.39, 0.29) is 12.0 Å². The molecule has 1 fully saturated rings. The van der Waals surface area contributed by atoms with Crippen molar-refractivity contribution in [2.45, 2.75) is 57.7 Å². The fourth-order valence-electron chi connectivity index (χ4n) is 2.81. The molecule has 1 aromatic rings. The summed E-state index contributed by atoms with van der Waals surface area (Å²) in [6, 6.07) is -1.70. The number of thiazole rings is 1. The van der Waals surface area contributed by atoms with Gasteiger partial charge in [-0.3, -0.25) is 19.6 Å². The Balaban J connectivity index is 2.17. The van der Waals surface area contributed by atoms with Gasteiger partial charge in [-0.2, -0.15) is 0 Å². The zero-order chi connectivity index (χ0) is 22.5. The van der Waals surface area contributed by atoms with Crippen LogP contribution in [0.5, 0.6) is 0 Å². The molecule has 2 atom stereocenters. The van der Waals surface area contributed by atoms with E-state index in [4.69, 9.17) is 9.47 Å². The number of amides is 2. The van der Waals surface area contributed by atoms with Gasteiger partial charge >= 0.3 is 19.2 Å². The minimum Gasteiger partial charge on any atom is -0.468 e. The Kier molecular flexibility index (Phi) is 8.18. The number of hydrazine groups is 1. The van der Waals surface area contributed by atoms with Gasteiger partial charge in [0.1, 0.15) is 17.7 Å². The molecule has 1 aliphatic heterocycles. The maximum absolute atomic E-state index is 13.1. The highest BCUT2D eigenvalue weighted by molar-refractivity contribution is 7.10. The molecule has 1 aliphatic rings. The summed E-state index contributed by atoms with van der Waals surface area (Å²) in [4.78, 5) is 41.3. The second kappa shape index (κ2) is 10.2. The van der Waals surface area contributed by atoms with E-state index in [0.29, 0.717) is 24.4 Å². The molecule has 0 saturated carbocycles. The van der Waals surface area contributed by atoms with Gasteiger partial charge in [-0.1, -0.05) is 0 Å². The third kappa shape index (κ3) is 6.94. The highest BCUT2D eigenvalue weighted by atomic mass is 32.1. The first-order chi connectivity index (χ1) is 14.0. The van der Waals surface area contributed by atoms with E-state index in [1.54, 1.807) is 20.8 Å². The molecule has 0 spiro atoms. The molecule has 2 rings (SSSR count). The van der Waals surface area contributed by atoms with Crippen molar-refractivity contribution < 1.29 is 33.9 Å². The van der Waals surface area contributed by atoms with E-state index in [0.717, 1.165) is 11.3 Å². The highest BCUT2D eigenvalue weighted by Crippen LogP contribution is 2.14. The molecule has 0 unspecified atom stereocenters. The van der Waals surface area contributed by atoms with Gasteiger partial charge in [0, 0.05) is 18.3 Å². The molecule has 4 N–H and O–H groups in total. The number of rotatable bonds is 6. The molecule has 166 valence electrons. The number of carbonyl (C=O) groups excluding carboxylic acids is 3. The standard InChI is InChI=1S/C17H27BN4O7S/c1-17(2,3)29-16(25)19-11(8-13-20-12(9-30-13)18(26)27)14(23)22-7-5-6-10(21-22)15(24)28-4/h9-11,21,26-27H,5-8H2,1-4H3,(H,19,25)/t10-,11-/m0/s1. The average Bonchev–Trinajstić information content (AvgIpc) is 3.14. The molecule has 2 heterocycles. The van der Waals surface area contributed by atoms with Gasteiger partial charge < -0.3 is 24.8 Å². The Morgan fingerprint density at radius 1 is 1.43 bits per heavy atom. The summed E-state index contributed by atoms with van der Waals surface area (Å²) in [7, 11) is -0.458. The molecule has 0 aliphatic carbocycles. The van der Waals surface area contributed by atoms with E-state index in [2.05, 4.69) is 15.7 Å². The monoisotopic (exact) mass is 442 g/mol. The Labute approximate surface area is 178 Å². The molecule has 30 heavy (non-hydrogen) atoms. The SMILES string of the molecule is COC(=O)[C@@H]1CCCN(C(=O)[C@H](Cc2nc(B(O)O)cs2)NC(=O)OC(C)(C)C)N1. The molecule has 1 saturated heterocycles. The summed E-state index contributed by atoms with van der Waals surface area (Å²) >= 11 is 1.13. The quantitative estimate of drug-likeness (QED) is 0.319. The van der Waals surface area contributed by atoms with Crippen LogP contribution in [0, 0.1) is 0 Å². The van der Waals surface area contributed by atoms with Crippen molar-refractivity contribution in [3.8, 4) is 0 Å². The third-order valence-corrected chi connectivity index (χ3v) is 5.03. The van der Waals surface area contributed by atoms with Gasteiger partial charge in [-0.05, 0) is 33.6 Å². The number of aromatic nitrogens is 1. The largest absolute Gasteiger partial charge is 0.509 e. The van der Waals surface area contributed by atoms with Gasteiger partial charge in [0.2, 0.25) is 0 Å². The van der Waals surface area contributed by atoms with Gasteiger partial charge in [-0.15, -0.1) is 11.3 Å². The van der Waals surface area contributed by atoms with Gasteiger partial charge in [0.05, 0.1) is 17.7 Å². The van der Waals surface area contributed by atoms with Crippen LogP contribution < -0.4 is 16.3 Å². The summed E-state index contributed by atoms with van der Waals surface area (Å²) in [5, 5.41) is 24.2. The molecule has 2 amide bonds. The number of hydrogen-bond acceptors (Lipinski definition) is 10. The van der Waals surface area contributed by atoms with E-state index >= 15 is 0 Å². The average molecular weight is 442 g/mol. The normalized spacial score (nSPS) is 17.8. The summed E-state index contributed by atoms with van der Waals surface area (Å²) < 4.78 is 9.98. The lowest BCUT2D eigenvalue weighted by molar-refractivity contribution is -0.150. The van der Waals surface area contributed by atoms with Crippen LogP contribution in [-0.4, -0.2) is 76.5 Å². The Morgan fingerprint density at radius 3 is 2.70 bits per heavy atom. The van der Waals surface area contributed by atoms with Crippen LogP contribution in [0.4, 0.5) is 4.79 Å². The molecule has 11 nitrogen and oxygen atoms in total. The first-order valence-electron chi connectivity index (χ1n) is 9.45. The first-order valence-corrected chi connectivity index (χ1v) is 10.3. The Bertz CT molecular complexity index is 768. The van der Waals surface area contributed by atoms with Crippen LogP contribution >= 0.6 is 11.3 Å². The van der Waals surface area contributed by atoms with E-state index in [1.807, 2.05) is 0 Å². The topological polar surface area (TPSA) is 150 Å². The van der Waals surface area contributed by atoms with E-state index in [9.17, 15) is 24.4 Å². The van der Waals surface area contributed by atoms with Gasteiger partial charge in [0.25, 0.3) is 5.91 Å². The highest BCUT2D eigenvalue weighted by Gasteiger charge is 2.34. The van der Waals surface area contributed by atoms with Crippen molar-refractivity contribution in [3.05, 3.63) is 10.4 Å². The number of carbonyl (C=O) groups is 3. The molecular formula is C17H27BN4O7S. The van der Waals surface area contributed by atoms with Crippen LogP contribution in [0.15, 0.2) is 5.38 Å². The van der Waals surface area contributed by atoms with Gasteiger partial charge in [0.15, 0.2) is 0 Å². The van der Waals surface area contributed by atoms with Crippen molar-refractivity contribution in [3.63, 3.8) is 0 Å². The Morgan fingerprint density at radius 2 is 2.13 bits per heavy atom. The third-order valence-electron chi connectivity index (χ3n) is 4.14. The predicted octanol–water partition coefficient (Wildman–Crippen LogP) is -1.07. The number of nitrogens with one attached hydrogen (secondary N) is 2. The summed E-state index contributed by atoms with van der Waals surface area (Å²) in [6.45, 7) is 5.45.